The highest BCUT2D eigenvalue weighted by Crippen LogP contribution is 2.40. The third-order valence-electron chi connectivity index (χ3n) is 5.15. The highest BCUT2D eigenvalue weighted by molar-refractivity contribution is 7.71. The maximum absolute atomic E-state index is 6.51. The number of nitrogens with zero attached hydrogens (tertiary/aromatic N) is 5. The molecule has 0 spiro atoms. The van der Waals surface area contributed by atoms with E-state index in [1.54, 1.807) is 29.3 Å². The number of H-pyrrole nitrogens is 1. The molecule has 3 heterocycles. The summed E-state index contributed by atoms with van der Waals surface area (Å²) in [6.45, 7) is 1.00. The second-order valence-electron chi connectivity index (χ2n) is 7.39. The molecule has 5 rings (SSSR count). The van der Waals surface area contributed by atoms with E-state index in [9.17, 15) is 0 Å². The molecule has 1 aliphatic heterocycles. The molecule has 12 heteroatoms. The minimum atomic E-state index is -1.09. The first kappa shape index (κ1) is 22.1. The van der Waals surface area contributed by atoms with Crippen LogP contribution >= 0.6 is 35.4 Å². The van der Waals surface area contributed by atoms with Gasteiger partial charge in [0.05, 0.1) is 30.2 Å². The second kappa shape index (κ2) is 9.24. The van der Waals surface area contributed by atoms with Crippen LogP contribution in [0.25, 0.3) is 5.69 Å². The lowest BCUT2D eigenvalue weighted by Crippen LogP contribution is -2.34. The zero-order valence-corrected chi connectivity index (χ0v) is 19.4. The summed E-state index contributed by atoms with van der Waals surface area (Å²) >= 11 is 17.7. The van der Waals surface area contributed by atoms with Gasteiger partial charge in [-0.1, -0.05) is 39.6 Å². The summed E-state index contributed by atoms with van der Waals surface area (Å²) < 4.78 is 22.3. The summed E-state index contributed by atoms with van der Waals surface area (Å²) in [6, 6.07) is 12.6. The predicted octanol–water partition coefficient (Wildman–Crippen LogP) is 4.18. The van der Waals surface area contributed by atoms with E-state index >= 15 is 0 Å². The van der Waals surface area contributed by atoms with E-state index in [1.165, 1.54) is 0 Å². The fraction of sp³-hybridized carbons (Fsp3) is 0.238. The van der Waals surface area contributed by atoms with Gasteiger partial charge in [0, 0.05) is 23.0 Å². The number of halogens is 2. The summed E-state index contributed by atoms with van der Waals surface area (Å²) in [6.07, 6.45) is 4.92. The van der Waals surface area contributed by atoms with E-state index in [0.717, 1.165) is 5.69 Å². The quantitative estimate of drug-likeness (QED) is 0.377. The highest BCUT2D eigenvalue weighted by atomic mass is 35.5. The molecule has 1 N–H and O–H groups in total. The van der Waals surface area contributed by atoms with Gasteiger partial charge in [-0.05, 0) is 48.6 Å². The lowest BCUT2D eigenvalue weighted by molar-refractivity contribution is -0.189. The van der Waals surface area contributed by atoms with Gasteiger partial charge in [-0.3, -0.25) is 0 Å². The van der Waals surface area contributed by atoms with Crippen LogP contribution in [0, 0.1) is 4.77 Å². The molecule has 9 nitrogen and oxygen atoms in total. The van der Waals surface area contributed by atoms with Crippen molar-refractivity contribution < 1.29 is 14.2 Å². The Hall–Kier alpha value is -2.76. The normalized spacial score (nSPS) is 20.2. The second-order valence-corrected chi connectivity index (χ2v) is 8.59. The summed E-state index contributed by atoms with van der Waals surface area (Å²) in [5.41, 5.74) is 1.49. The van der Waals surface area contributed by atoms with E-state index in [1.807, 2.05) is 41.1 Å². The van der Waals surface area contributed by atoms with E-state index < -0.39 is 5.79 Å². The average Bonchev–Trinajstić information content (AvgIpc) is 3.55. The monoisotopic (exact) mass is 504 g/mol. The van der Waals surface area contributed by atoms with Crippen LogP contribution in [-0.4, -0.2) is 49.1 Å². The maximum atomic E-state index is 6.51. The lowest BCUT2D eigenvalue weighted by Gasteiger charge is -2.30. The van der Waals surface area contributed by atoms with Crippen LogP contribution in [0.1, 0.15) is 5.56 Å². The third kappa shape index (κ3) is 4.66. The Morgan fingerprint density at radius 2 is 2.06 bits per heavy atom. The minimum Gasteiger partial charge on any atom is -0.491 e. The molecule has 170 valence electrons. The summed E-state index contributed by atoms with van der Waals surface area (Å²) in [7, 11) is 0. The van der Waals surface area contributed by atoms with Crippen LogP contribution in [0.15, 0.2) is 61.2 Å². The van der Waals surface area contributed by atoms with Crippen molar-refractivity contribution in [1.29, 1.82) is 0 Å². The molecule has 4 aromatic rings. The molecule has 0 unspecified atom stereocenters. The topological polar surface area (TPSA) is 92.0 Å². The number of ether oxygens (including phenoxy) is 3. The lowest BCUT2D eigenvalue weighted by atomic mass is 10.1. The molecular formula is C21H18Cl2N6O3S. The molecule has 0 aliphatic carbocycles. The zero-order chi connectivity index (χ0) is 22.8. The number of imidazole rings is 1. The first-order chi connectivity index (χ1) is 16.0. The molecule has 1 fully saturated rings. The maximum Gasteiger partial charge on any atom is 0.242 e. The van der Waals surface area contributed by atoms with Gasteiger partial charge in [0.15, 0.2) is 0 Å². The number of benzene rings is 2. The third-order valence-corrected chi connectivity index (χ3v) is 5.97. The Morgan fingerprint density at radius 3 is 2.76 bits per heavy atom. The van der Waals surface area contributed by atoms with E-state index in [-0.39, 0.29) is 6.10 Å². The van der Waals surface area contributed by atoms with Crippen molar-refractivity contribution in [1.82, 2.24) is 29.8 Å². The molecule has 2 atom stereocenters. The standard InChI is InChI=1S/C21H18Cl2N6O3S/c22-14-1-6-18(19(23)9-14)21(12-28-8-7-24-13-28)31-11-17(32-21)10-30-16-4-2-15(3-5-16)29-20(33)25-26-27-29/h1-9,13,17H,10-12H2,(H,25,27,33)/t17-,21-/m1/s1. The van der Waals surface area contributed by atoms with Gasteiger partial charge in [0.1, 0.15) is 18.5 Å². The van der Waals surface area contributed by atoms with Crippen LogP contribution in [0.3, 0.4) is 0 Å². The Bertz CT molecular complexity index is 1290. The van der Waals surface area contributed by atoms with Gasteiger partial charge in [0.2, 0.25) is 10.6 Å². The summed E-state index contributed by atoms with van der Waals surface area (Å²) in [4.78, 5) is 4.11. The Morgan fingerprint density at radius 1 is 1.21 bits per heavy atom. The van der Waals surface area contributed by atoms with Crippen LogP contribution in [0.5, 0.6) is 5.75 Å². The molecule has 1 aliphatic rings. The van der Waals surface area contributed by atoms with Crippen LogP contribution in [0.2, 0.25) is 10.0 Å². The van der Waals surface area contributed by atoms with E-state index in [0.29, 0.717) is 45.9 Å². The molecule has 0 bridgehead atoms. The van der Waals surface area contributed by atoms with Crippen molar-refractivity contribution in [3.05, 3.63) is 81.6 Å². The smallest absolute Gasteiger partial charge is 0.242 e. The zero-order valence-electron chi connectivity index (χ0n) is 17.1. The van der Waals surface area contributed by atoms with Crippen LogP contribution < -0.4 is 4.74 Å². The fourth-order valence-electron chi connectivity index (χ4n) is 3.62. The molecule has 0 saturated carbocycles. The van der Waals surface area contributed by atoms with Crippen molar-refractivity contribution in [2.75, 3.05) is 13.2 Å². The SMILES string of the molecule is S=c1nn[nH]n1-c1ccc(OC[C@@H]2CO[C@@](Cn3ccnc3)(c3ccc(Cl)cc3Cl)O2)cc1. The van der Waals surface area contributed by atoms with Gasteiger partial charge < -0.3 is 18.8 Å². The first-order valence-electron chi connectivity index (χ1n) is 9.99. The molecule has 2 aromatic carbocycles. The minimum absolute atomic E-state index is 0.293. The Balaban J connectivity index is 1.30. The van der Waals surface area contributed by atoms with Gasteiger partial charge in [-0.2, -0.15) is 5.21 Å². The summed E-state index contributed by atoms with van der Waals surface area (Å²) in [5.74, 6) is -0.414. The van der Waals surface area contributed by atoms with Crippen LogP contribution in [0.4, 0.5) is 0 Å². The highest BCUT2D eigenvalue weighted by Gasteiger charge is 2.45. The fourth-order valence-corrected chi connectivity index (χ4v) is 4.36. The van der Waals surface area contributed by atoms with Crippen molar-refractivity contribution in [3.63, 3.8) is 0 Å². The van der Waals surface area contributed by atoms with Gasteiger partial charge >= 0.3 is 0 Å². The Labute approximate surface area is 203 Å². The Kier molecular flexibility index (Phi) is 6.17. The van der Waals surface area contributed by atoms with Gasteiger partial charge in [-0.15, -0.1) is 0 Å². The number of aromatic nitrogens is 6. The molecule has 0 radical (unpaired) electrons. The molecule has 33 heavy (non-hydrogen) atoms. The van der Waals surface area contributed by atoms with E-state index in [4.69, 9.17) is 49.6 Å². The average molecular weight is 505 g/mol. The number of hydrogen-bond donors (Lipinski definition) is 1. The number of tetrazole rings is 1. The number of aromatic amines is 1. The van der Waals surface area contributed by atoms with Crippen LogP contribution in [-0.2, 0) is 21.8 Å². The van der Waals surface area contributed by atoms with Crippen molar-refractivity contribution in [3.8, 4) is 11.4 Å². The van der Waals surface area contributed by atoms with Gasteiger partial charge in [-0.25, -0.2) is 9.67 Å². The number of hydrogen-bond acceptors (Lipinski definition) is 7. The number of rotatable bonds is 7. The van der Waals surface area contributed by atoms with E-state index in [2.05, 4.69) is 20.5 Å². The predicted molar refractivity (Wildman–Crippen MR) is 123 cm³/mol. The molecule has 0 amide bonds. The molecule has 1 saturated heterocycles. The molecule has 2 aromatic heterocycles. The van der Waals surface area contributed by atoms with Crippen molar-refractivity contribution in [2.24, 2.45) is 0 Å². The van der Waals surface area contributed by atoms with Crippen molar-refractivity contribution in [2.45, 2.75) is 18.4 Å². The largest absolute Gasteiger partial charge is 0.491 e. The first-order valence-corrected chi connectivity index (χ1v) is 11.2. The number of nitrogens with one attached hydrogen (secondary N) is 1. The summed E-state index contributed by atoms with van der Waals surface area (Å²) in [5, 5.41) is 11.2. The molecular weight excluding hydrogens is 487 g/mol. The van der Waals surface area contributed by atoms with Crippen molar-refractivity contribution >= 4 is 35.4 Å². The van der Waals surface area contributed by atoms with Gasteiger partial charge in [0.25, 0.3) is 0 Å².